The molecule has 4 aliphatic carbocycles. The zero-order valence-electron chi connectivity index (χ0n) is 19.1. The normalized spacial score (nSPS) is 48.5. The van der Waals surface area contributed by atoms with Crippen LogP contribution in [0.15, 0.2) is 23.8 Å². The van der Waals surface area contributed by atoms with Gasteiger partial charge >= 0.3 is 0 Å². The molecule has 9 atom stereocenters. The predicted octanol–water partition coefficient (Wildman–Crippen LogP) is 6.36. The van der Waals surface area contributed by atoms with Crippen molar-refractivity contribution in [2.45, 2.75) is 91.8 Å². The number of hydrogen-bond donors (Lipinski definition) is 0. The summed E-state index contributed by atoms with van der Waals surface area (Å²) in [5.74, 6) is 4.89. The van der Waals surface area contributed by atoms with Gasteiger partial charge in [-0.05, 0) is 78.3 Å². The summed E-state index contributed by atoms with van der Waals surface area (Å²) in [6.07, 6.45) is 16.4. The minimum atomic E-state index is -0.137. The van der Waals surface area contributed by atoms with Gasteiger partial charge in [-0.2, -0.15) is 0 Å². The fraction of sp³-hybridized carbons (Fsp3) is 0.815. The Morgan fingerprint density at radius 2 is 1.90 bits per heavy atom. The number of rotatable bonds is 5. The third kappa shape index (κ3) is 2.87. The maximum Gasteiger partial charge on any atom is 0.187 e. The Balaban J connectivity index is 1.37. The molecule has 1 saturated heterocycles. The molecule has 2 saturated carbocycles. The molecule has 0 N–H and O–H groups in total. The number of ketones is 1. The molecular formula is C27H40O2. The van der Waals surface area contributed by atoms with E-state index in [2.05, 4.69) is 46.8 Å². The van der Waals surface area contributed by atoms with Crippen LogP contribution >= 0.6 is 0 Å². The van der Waals surface area contributed by atoms with E-state index < -0.39 is 0 Å². The van der Waals surface area contributed by atoms with Crippen LogP contribution in [-0.2, 0) is 9.53 Å². The fourth-order valence-electron chi connectivity index (χ4n) is 8.39. The molecule has 0 aromatic heterocycles. The van der Waals surface area contributed by atoms with Crippen LogP contribution in [0.2, 0.25) is 0 Å². The highest BCUT2D eigenvalue weighted by molar-refractivity contribution is 5.98. The molecule has 1 heterocycles. The van der Waals surface area contributed by atoms with E-state index >= 15 is 0 Å². The molecular weight excluding hydrogens is 356 g/mol. The number of fused-ring (bicyclic) bond motifs is 7. The third-order valence-corrected chi connectivity index (χ3v) is 10.1. The Kier molecular flexibility index (Phi) is 4.70. The van der Waals surface area contributed by atoms with Crippen LogP contribution in [-0.4, -0.2) is 18.0 Å². The van der Waals surface area contributed by atoms with E-state index in [1.54, 1.807) is 0 Å². The maximum atomic E-state index is 12.2. The van der Waals surface area contributed by atoms with Gasteiger partial charge in [0.15, 0.2) is 5.78 Å². The summed E-state index contributed by atoms with van der Waals surface area (Å²) in [5.41, 5.74) is 1.80. The summed E-state index contributed by atoms with van der Waals surface area (Å²) in [4.78, 5) is 12.2. The number of carbonyl (C=O) groups is 1. The van der Waals surface area contributed by atoms with Gasteiger partial charge in [0, 0.05) is 5.41 Å². The fourth-order valence-corrected chi connectivity index (χ4v) is 8.39. The molecule has 0 aromatic carbocycles. The lowest BCUT2D eigenvalue weighted by atomic mass is 9.48. The third-order valence-electron chi connectivity index (χ3n) is 10.1. The molecule has 2 nitrogen and oxygen atoms in total. The average Bonchev–Trinajstić information content (AvgIpc) is 3.40. The lowest BCUT2D eigenvalue weighted by Crippen LogP contribution is -2.51. The van der Waals surface area contributed by atoms with Crippen LogP contribution in [0.3, 0.4) is 0 Å². The highest BCUT2D eigenvalue weighted by atomic mass is 16.6. The lowest BCUT2D eigenvalue weighted by molar-refractivity contribution is -0.116. The Morgan fingerprint density at radius 1 is 1.10 bits per heavy atom. The zero-order valence-corrected chi connectivity index (χ0v) is 19.1. The second kappa shape index (κ2) is 6.81. The Labute approximate surface area is 177 Å². The number of epoxide rings is 1. The molecule has 5 rings (SSSR count). The van der Waals surface area contributed by atoms with Crippen LogP contribution in [0, 0.1) is 46.3 Å². The van der Waals surface area contributed by atoms with Gasteiger partial charge in [0.25, 0.3) is 0 Å². The minimum absolute atomic E-state index is 0.0558. The molecule has 2 heteroatoms. The largest absolute Gasteiger partial charge is 0.360 e. The van der Waals surface area contributed by atoms with Crippen LogP contribution < -0.4 is 0 Å². The molecule has 160 valence electrons. The summed E-state index contributed by atoms with van der Waals surface area (Å²) >= 11 is 0. The first-order valence-corrected chi connectivity index (χ1v) is 12.4. The first kappa shape index (κ1) is 20.0. The smallest absolute Gasteiger partial charge is 0.187 e. The van der Waals surface area contributed by atoms with E-state index in [1.165, 1.54) is 50.5 Å². The van der Waals surface area contributed by atoms with Gasteiger partial charge in [-0.25, -0.2) is 0 Å². The van der Waals surface area contributed by atoms with Crippen LogP contribution in [0.4, 0.5) is 0 Å². The quantitative estimate of drug-likeness (QED) is 0.506. The van der Waals surface area contributed by atoms with Crippen molar-refractivity contribution in [1.29, 1.82) is 0 Å². The van der Waals surface area contributed by atoms with Crippen molar-refractivity contribution in [3.63, 3.8) is 0 Å². The summed E-state index contributed by atoms with van der Waals surface area (Å²) < 4.78 is 5.94. The second-order valence-corrected chi connectivity index (χ2v) is 11.9. The van der Waals surface area contributed by atoms with Crippen LogP contribution in [0.5, 0.6) is 0 Å². The number of allylic oxidation sites excluding steroid dienone is 2. The molecule has 0 aromatic rings. The van der Waals surface area contributed by atoms with Gasteiger partial charge in [-0.15, -0.1) is 0 Å². The Bertz CT molecular complexity index is 748. The molecule has 29 heavy (non-hydrogen) atoms. The van der Waals surface area contributed by atoms with Crippen molar-refractivity contribution in [3.05, 3.63) is 23.8 Å². The van der Waals surface area contributed by atoms with Gasteiger partial charge in [-0.1, -0.05) is 66.0 Å². The summed E-state index contributed by atoms with van der Waals surface area (Å²) in [5, 5.41) is 0. The molecule has 0 radical (unpaired) electrons. The summed E-state index contributed by atoms with van der Waals surface area (Å²) in [6, 6.07) is 0. The lowest BCUT2D eigenvalue weighted by Gasteiger charge is -2.56. The monoisotopic (exact) mass is 396 g/mol. The van der Waals surface area contributed by atoms with Crippen LogP contribution in [0.25, 0.3) is 0 Å². The van der Waals surface area contributed by atoms with Gasteiger partial charge in [0.2, 0.25) is 0 Å². The van der Waals surface area contributed by atoms with Crippen molar-refractivity contribution in [1.82, 2.24) is 0 Å². The van der Waals surface area contributed by atoms with E-state index in [-0.39, 0.29) is 23.4 Å². The average molecular weight is 397 g/mol. The van der Waals surface area contributed by atoms with E-state index in [9.17, 15) is 4.79 Å². The molecule has 3 fully saturated rings. The molecule has 0 amide bonds. The van der Waals surface area contributed by atoms with E-state index in [0.717, 1.165) is 23.7 Å². The highest BCUT2D eigenvalue weighted by Gasteiger charge is 2.66. The van der Waals surface area contributed by atoms with E-state index in [4.69, 9.17) is 4.74 Å². The van der Waals surface area contributed by atoms with E-state index in [0.29, 0.717) is 17.3 Å². The topological polar surface area (TPSA) is 29.6 Å². The summed E-state index contributed by atoms with van der Waals surface area (Å²) in [6.45, 7) is 12.3. The van der Waals surface area contributed by atoms with Crippen molar-refractivity contribution in [2.24, 2.45) is 46.3 Å². The van der Waals surface area contributed by atoms with Gasteiger partial charge < -0.3 is 4.74 Å². The van der Waals surface area contributed by atoms with Crippen LogP contribution in [0.1, 0.15) is 79.6 Å². The first-order chi connectivity index (χ1) is 13.8. The molecule has 1 aliphatic heterocycles. The molecule has 2 unspecified atom stereocenters. The Hall–Kier alpha value is -0.890. The number of ether oxygens (including phenoxy) is 1. The van der Waals surface area contributed by atoms with E-state index in [1.807, 2.05) is 6.08 Å². The molecule has 0 bridgehead atoms. The van der Waals surface area contributed by atoms with Gasteiger partial charge in [0.1, 0.15) is 12.2 Å². The van der Waals surface area contributed by atoms with Crippen molar-refractivity contribution >= 4 is 5.78 Å². The standard InChI is InChI=1S/C27H40O2/c1-16(2)7-6-8-17(3)20-11-12-21-19-10-9-18-15-23(28)24-25(29-24)27(18,5)22(19)13-14-26(20,21)4/h9-10,15-17,19-22,24-25H,6-8,11-14H2,1-5H3/t17-,19+,20-,21+,22+,24?,25?,26-,27+/m1/s1. The highest BCUT2D eigenvalue weighted by Crippen LogP contribution is 2.68. The van der Waals surface area contributed by atoms with Crippen molar-refractivity contribution in [3.8, 4) is 0 Å². The van der Waals surface area contributed by atoms with Crippen molar-refractivity contribution < 1.29 is 9.53 Å². The maximum absolute atomic E-state index is 12.2. The number of carbonyl (C=O) groups excluding carboxylic acids is 1. The second-order valence-electron chi connectivity index (χ2n) is 11.9. The Morgan fingerprint density at radius 3 is 2.66 bits per heavy atom. The first-order valence-electron chi connectivity index (χ1n) is 12.4. The van der Waals surface area contributed by atoms with Gasteiger partial charge in [0.05, 0.1) is 0 Å². The zero-order chi connectivity index (χ0) is 20.6. The number of hydrogen-bond acceptors (Lipinski definition) is 2. The van der Waals surface area contributed by atoms with Crippen molar-refractivity contribution in [2.75, 3.05) is 0 Å². The summed E-state index contributed by atoms with van der Waals surface area (Å²) in [7, 11) is 0. The molecule has 0 spiro atoms. The SMILES string of the molecule is CC(C)CCC[C@@H](C)[C@H]1CC[C@H]2[C@@H]3C=CC4=CC(=O)C5OC5[C@]4(C)[C@H]3CC[C@]12C. The predicted molar refractivity (Wildman–Crippen MR) is 117 cm³/mol. The molecule has 5 aliphatic rings. The van der Waals surface area contributed by atoms with Gasteiger partial charge in [-0.3, -0.25) is 4.79 Å². The minimum Gasteiger partial charge on any atom is -0.360 e.